The van der Waals surface area contributed by atoms with Crippen molar-refractivity contribution in [1.29, 1.82) is 0 Å². The summed E-state index contributed by atoms with van der Waals surface area (Å²) in [6.45, 7) is 8.00. The molecule has 1 atom stereocenters. The first kappa shape index (κ1) is 22.8. The fourth-order valence-electron chi connectivity index (χ4n) is 2.71. The zero-order valence-electron chi connectivity index (χ0n) is 17.3. The van der Waals surface area contributed by atoms with Gasteiger partial charge in [-0.05, 0) is 43.4 Å². The molecule has 6 heteroatoms. The Morgan fingerprint density at radius 2 is 1.74 bits per heavy atom. The maximum Gasteiger partial charge on any atom is 0.357 e. The molecule has 1 heterocycles. The lowest BCUT2D eigenvalue weighted by Crippen LogP contribution is -2.16. The Labute approximate surface area is 162 Å². The molecule has 1 aromatic heterocycles. The minimum Gasteiger partial charge on any atom is -0.464 e. The molecule has 0 spiro atoms. The third kappa shape index (κ3) is 6.17. The Morgan fingerprint density at radius 3 is 2.26 bits per heavy atom. The maximum atomic E-state index is 12.1. The van der Waals surface area contributed by atoms with Crippen LogP contribution in [0.2, 0.25) is 0 Å². The van der Waals surface area contributed by atoms with Gasteiger partial charge in [0.2, 0.25) is 5.91 Å². The van der Waals surface area contributed by atoms with Crippen molar-refractivity contribution in [2.24, 2.45) is 5.92 Å². The van der Waals surface area contributed by atoms with Gasteiger partial charge in [0.05, 0.1) is 13.2 Å². The SMILES string of the molecule is CC.CC.COC(=O)c1nc(NC(=O)C2CC2)ccc1C1=CC(OC)CC1. The van der Waals surface area contributed by atoms with E-state index in [1.165, 1.54) is 7.11 Å². The van der Waals surface area contributed by atoms with Gasteiger partial charge in [-0.1, -0.05) is 33.8 Å². The number of amides is 1. The minimum absolute atomic E-state index is 0.0411. The van der Waals surface area contributed by atoms with E-state index in [4.69, 9.17) is 9.47 Å². The lowest BCUT2D eigenvalue weighted by molar-refractivity contribution is -0.117. The van der Waals surface area contributed by atoms with E-state index >= 15 is 0 Å². The van der Waals surface area contributed by atoms with E-state index in [1.807, 2.05) is 39.8 Å². The number of methoxy groups -OCH3 is 2. The monoisotopic (exact) mass is 376 g/mol. The zero-order chi connectivity index (χ0) is 20.4. The maximum absolute atomic E-state index is 12.1. The summed E-state index contributed by atoms with van der Waals surface area (Å²) in [5.74, 6) is -0.0872. The topological polar surface area (TPSA) is 77.5 Å². The van der Waals surface area contributed by atoms with Crippen molar-refractivity contribution in [3.63, 3.8) is 0 Å². The van der Waals surface area contributed by atoms with E-state index in [0.29, 0.717) is 5.82 Å². The Hall–Kier alpha value is -2.21. The van der Waals surface area contributed by atoms with E-state index in [-0.39, 0.29) is 23.6 Å². The summed E-state index contributed by atoms with van der Waals surface area (Å²) in [6, 6.07) is 3.54. The number of esters is 1. The summed E-state index contributed by atoms with van der Waals surface area (Å²) in [4.78, 5) is 28.2. The molecule has 1 saturated carbocycles. The molecule has 0 saturated heterocycles. The molecular weight excluding hydrogens is 344 g/mol. The second-order valence-corrected chi connectivity index (χ2v) is 5.85. The molecule has 150 valence electrons. The van der Waals surface area contributed by atoms with Crippen molar-refractivity contribution in [3.8, 4) is 0 Å². The number of nitrogens with one attached hydrogen (secondary N) is 1. The summed E-state index contributed by atoms with van der Waals surface area (Å²) in [5, 5.41) is 2.76. The summed E-state index contributed by atoms with van der Waals surface area (Å²) >= 11 is 0. The molecule has 27 heavy (non-hydrogen) atoms. The van der Waals surface area contributed by atoms with Crippen LogP contribution in [0.5, 0.6) is 0 Å². The summed E-state index contributed by atoms with van der Waals surface area (Å²) in [6.07, 6.45) is 5.60. The fourth-order valence-corrected chi connectivity index (χ4v) is 2.71. The van der Waals surface area contributed by atoms with Gasteiger partial charge in [0, 0.05) is 18.6 Å². The zero-order valence-corrected chi connectivity index (χ0v) is 17.3. The lowest BCUT2D eigenvalue weighted by Gasteiger charge is -2.11. The third-order valence-corrected chi connectivity index (χ3v) is 4.21. The van der Waals surface area contributed by atoms with Gasteiger partial charge >= 0.3 is 5.97 Å². The average Bonchev–Trinajstić information content (AvgIpc) is 3.48. The van der Waals surface area contributed by atoms with Crippen LogP contribution in [0.3, 0.4) is 0 Å². The number of nitrogens with zero attached hydrogens (tertiary/aromatic N) is 1. The van der Waals surface area contributed by atoms with E-state index in [9.17, 15) is 9.59 Å². The molecular formula is C21H32N2O4. The number of pyridine rings is 1. The van der Waals surface area contributed by atoms with Crippen LogP contribution in [0.25, 0.3) is 5.57 Å². The van der Waals surface area contributed by atoms with Crippen molar-refractivity contribution in [2.75, 3.05) is 19.5 Å². The van der Waals surface area contributed by atoms with Crippen LogP contribution in [0.15, 0.2) is 18.2 Å². The van der Waals surface area contributed by atoms with Crippen molar-refractivity contribution in [2.45, 2.75) is 59.5 Å². The van der Waals surface area contributed by atoms with E-state index < -0.39 is 5.97 Å². The number of carbonyl (C=O) groups excluding carboxylic acids is 2. The first-order valence-corrected chi connectivity index (χ1v) is 9.76. The Bertz CT molecular complexity index is 666. The van der Waals surface area contributed by atoms with Crippen molar-refractivity contribution >= 4 is 23.3 Å². The number of anilines is 1. The molecule has 1 fully saturated rings. The molecule has 0 radical (unpaired) electrons. The number of aromatic nitrogens is 1. The van der Waals surface area contributed by atoms with Gasteiger partial charge in [0.1, 0.15) is 5.82 Å². The normalized spacial score (nSPS) is 17.6. The molecule has 0 aliphatic heterocycles. The number of rotatable bonds is 5. The van der Waals surface area contributed by atoms with Crippen LogP contribution in [0.1, 0.15) is 69.4 Å². The molecule has 3 rings (SSSR count). The van der Waals surface area contributed by atoms with Crippen LogP contribution >= 0.6 is 0 Å². The van der Waals surface area contributed by atoms with Crippen molar-refractivity contribution < 1.29 is 19.1 Å². The third-order valence-electron chi connectivity index (χ3n) is 4.21. The quantitative estimate of drug-likeness (QED) is 0.768. The number of hydrogen-bond donors (Lipinski definition) is 1. The summed E-state index contributed by atoms with van der Waals surface area (Å²) in [7, 11) is 2.99. The first-order valence-electron chi connectivity index (χ1n) is 9.76. The second-order valence-electron chi connectivity index (χ2n) is 5.85. The van der Waals surface area contributed by atoms with E-state index in [1.54, 1.807) is 13.2 Å². The molecule has 1 amide bonds. The van der Waals surface area contributed by atoms with Crippen LogP contribution < -0.4 is 5.32 Å². The molecule has 1 N–H and O–H groups in total. The van der Waals surface area contributed by atoms with Crippen molar-refractivity contribution in [3.05, 3.63) is 29.5 Å². The van der Waals surface area contributed by atoms with Gasteiger partial charge in [0.25, 0.3) is 0 Å². The highest BCUT2D eigenvalue weighted by Crippen LogP contribution is 2.33. The van der Waals surface area contributed by atoms with Gasteiger partial charge in [0.15, 0.2) is 5.69 Å². The number of ether oxygens (including phenoxy) is 2. The molecule has 1 unspecified atom stereocenters. The summed E-state index contributed by atoms with van der Waals surface area (Å²) < 4.78 is 10.2. The molecule has 1 aromatic rings. The standard InChI is InChI=1S/C17H20N2O4.2C2H6/c1-22-12-6-5-11(9-12)13-7-8-14(18-15(13)17(21)23-2)19-16(20)10-3-4-10;2*1-2/h7-10,12H,3-6H2,1-2H3,(H,18,19,20);2*1-2H3. The number of allylic oxidation sites excluding steroid dienone is 1. The van der Waals surface area contributed by atoms with Gasteiger partial charge in [-0.25, -0.2) is 9.78 Å². The molecule has 0 bridgehead atoms. The predicted molar refractivity (Wildman–Crippen MR) is 108 cm³/mol. The van der Waals surface area contributed by atoms with E-state index in [0.717, 1.165) is 36.8 Å². The lowest BCUT2D eigenvalue weighted by atomic mass is 10.0. The highest BCUT2D eigenvalue weighted by Gasteiger charge is 2.30. The highest BCUT2D eigenvalue weighted by atomic mass is 16.5. The van der Waals surface area contributed by atoms with Crippen LogP contribution in [-0.2, 0) is 14.3 Å². The number of hydrogen-bond acceptors (Lipinski definition) is 5. The number of carbonyl (C=O) groups is 2. The van der Waals surface area contributed by atoms with Gasteiger partial charge in [-0.2, -0.15) is 0 Å². The molecule has 0 aromatic carbocycles. The first-order chi connectivity index (χ1) is 13.1. The van der Waals surface area contributed by atoms with E-state index in [2.05, 4.69) is 10.3 Å². The molecule has 2 aliphatic carbocycles. The predicted octanol–water partition coefficient (Wildman–Crippen LogP) is 4.46. The Morgan fingerprint density at radius 1 is 1.07 bits per heavy atom. The average molecular weight is 376 g/mol. The fraction of sp³-hybridized carbons (Fsp3) is 0.571. The molecule has 2 aliphatic rings. The minimum atomic E-state index is -0.510. The van der Waals surface area contributed by atoms with Crippen LogP contribution in [-0.4, -0.2) is 37.2 Å². The van der Waals surface area contributed by atoms with Crippen LogP contribution in [0.4, 0.5) is 5.82 Å². The second kappa shape index (κ2) is 11.5. The molecule has 6 nitrogen and oxygen atoms in total. The Balaban J connectivity index is 0.000000855. The van der Waals surface area contributed by atoms with Gasteiger partial charge in [-0.15, -0.1) is 0 Å². The smallest absolute Gasteiger partial charge is 0.357 e. The van der Waals surface area contributed by atoms with Gasteiger partial charge < -0.3 is 14.8 Å². The largest absolute Gasteiger partial charge is 0.464 e. The highest BCUT2D eigenvalue weighted by molar-refractivity contribution is 5.96. The summed E-state index contributed by atoms with van der Waals surface area (Å²) in [5.41, 5.74) is 1.98. The van der Waals surface area contributed by atoms with Gasteiger partial charge in [-0.3, -0.25) is 4.79 Å². The van der Waals surface area contributed by atoms with Crippen LogP contribution in [0, 0.1) is 5.92 Å². The van der Waals surface area contributed by atoms with Crippen molar-refractivity contribution in [1.82, 2.24) is 4.98 Å². The Kier molecular flexibility index (Phi) is 9.72.